The highest BCUT2D eigenvalue weighted by molar-refractivity contribution is 7.90. The summed E-state index contributed by atoms with van der Waals surface area (Å²) >= 11 is 0. The van der Waals surface area contributed by atoms with Gasteiger partial charge in [-0.2, -0.15) is 0 Å². The Morgan fingerprint density at radius 1 is 1.22 bits per heavy atom. The molecule has 2 heterocycles. The SMILES string of the molecule is CCn1[nH]cc2c3nc(Nc4cc(S(C)(=O)=O)ccc4OC)cc3ccc21. The minimum absolute atomic E-state index is 0.221. The summed E-state index contributed by atoms with van der Waals surface area (Å²) in [5, 5.41) is 8.47. The van der Waals surface area contributed by atoms with Crippen molar-refractivity contribution in [2.24, 2.45) is 0 Å². The van der Waals surface area contributed by atoms with Gasteiger partial charge in [-0.25, -0.2) is 13.4 Å². The van der Waals surface area contributed by atoms with Gasteiger partial charge < -0.3 is 15.2 Å². The van der Waals surface area contributed by atoms with E-state index in [1.807, 2.05) is 18.3 Å². The van der Waals surface area contributed by atoms with Crippen molar-refractivity contribution in [1.29, 1.82) is 0 Å². The van der Waals surface area contributed by atoms with Gasteiger partial charge in [-0.1, -0.05) is 6.07 Å². The van der Waals surface area contributed by atoms with Crippen molar-refractivity contribution in [1.82, 2.24) is 14.8 Å². The first-order valence-corrected chi connectivity index (χ1v) is 10.4. The molecule has 27 heavy (non-hydrogen) atoms. The maximum Gasteiger partial charge on any atom is 0.175 e. The summed E-state index contributed by atoms with van der Waals surface area (Å²) in [6.45, 7) is 2.92. The van der Waals surface area contributed by atoms with Crippen LogP contribution in [0, 0.1) is 0 Å². The fourth-order valence-corrected chi connectivity index (χ4v) is 3.87. The van der Waals surface area contributed by atoms with Crippen molar-refractivity contribution in [3.05, 3.63) is 42.6 Å². The van der Waals surface area contributed by atoms with E-state index in [2.05, 4.69) is 28.1 Å². The van der Waals surface area contributed by atoms with Crippen LogP contribution < -0.4 is 10.1 Å². The standard InChI is InChI=1S/C19H20N4O3S/c1-4-23-16-7-5-12-9-18(22-19(12)14(16)11-20-23)21-15-10-13(27(3,24)25)6-8-17(15)26-2/h5-11,20-21H,4H2,1-3H3. The average molecular weight is 384 g/mol. The third-order valence-electron chi connectivity index (χ3n) is 4.58. The fourth-order valence-electron chi connectivity index (χ4n) is 3.22. The molecule has 0 fully saturated rings. The van der Waals surface area contributed by atoms with E-state index in [9.17, 15) is 8.42 Å². The number of fused-ring (bicyclic) bond motifs is 3. The first-order valence-electron chi connectivity index (χ1n) is 8.53. The Labute approximate surface area is 156 Å². The number of hydrogen-bond acceptors (Lipinski definition) is 5. The lowest BCUT2D eigenvalue weighted by Gasteiger charge is -2.11. The first kappa shape index (κ1) is 17.4. The molecule has 0 amide bonds. The highest BCUT2D eigenvalue weighted by Crippen LogP contribution is 2.33. The third kappa shape index (κ3) is 3.02. The number of nitrogens with zero attached hydrogens (tertiary/aromatic N) is 2. The van der Waals surface area contributed by atoms with Crippen LogP contribution >= 0.6 is 0 Å². The Bertz CT molecular complexity index is 1250. The van der Waals surface area contributed by atoms with Crippen LogP contribution in [0.25, 0.3) is 21.8 Å². The number of anilines is 2. The number of hydrogen-bond donors (Lipinski definition) is 2. The number of benzene rings is 2. The lowest BCUT2D eigenvalue weighted by Crippen LogP contribution is -2.00. The second-order valence-corrected chi connectivity index (χ2v) is 8.37. The number of aromatic amines is 1. The van der Waals surface area contributed by atoms with Gasteiger partial charge in [0, 0.05) is 29.8 Å². The number of rotatable bonds is 5. The van der Waals surface area contributed by atoms with Crippen LogP contribution in [0.5, 0.6) is 5.75 Å². The van der Waals surface area contributed by atoms with Gasteiger partial charge in [0.25, 0.3) is 0 Å². The minimum atomic E-state index is -3.32. The van der Waals surface area contributed by atoms with Gasteiger partial charge in [0.05, 0.1) is 28.7 Å². The Kier molecular flexibility index (Phi) is 4.07. The van der Waals surface area contributed by atoms with Crippen LogP contribution in [0.2, 0.25) is 0 Å². The molecule has 0 radical (unpaired) electrons. The summed E-state index contributed by atoms with van der Waals surface area (Å²) in [5.41, 5.74) is 2.53. The van der Waals surface area contributed by atoms with Gasteiger partial charge in [-0.05, 0) is 37.3 Å². The van der Waals surface area contributed by atoms with Crippen LogP contribution in [0.4, 0.5) is 11.5 Å². The molecule has 0 aliphatic rings. The Balaban J connectivity index is 1.80. The lowest BCUT2D eigenvalue weighted by molar-refractivity contribution is 0.416. The van der Waals surface area contributed by atoms with Gasteiger partial charge in [-0.3, -0.25) is 4.68 Å². The number of sulfone groups is 1. The van der Waals surface area contributed by atoms with Crippen LogP contribution in [0.15, 0.2) is 47.5 Å². The molecule has 0 aliphatic carbocycles. The lowest BCUT2D eigenvalue weighted by atomic mass is 10.2. The van der Waals surface area contributed by atoms with E-state index in [0.29, 0.717) is 17.3 Å². The van der Waals surface area contributed by atoms with Gasteiger partial charge >= 0.3 is 0 Å². The van der Waals surface area contributed by atoms with E-state index < -0.39 is 9.84 Å². The van der Waals surface area contributed by atoms with Crippen molar-refractivity contribution in [3.8, 4) is 5.75 Å². The van der Waals surface area contributed by atoms with Crippen LogP contribution in [-0.4, -0.2) is 36.5 Å². The van der Waals surface area contributed by atoms with Gasteiger partial charge in [0.2, 0.25) is 0 Å². The maximum absolute atomic E-state index is 11.9. The Hall–Kier alpha value is -3.00. The molecule has 0 saturated carbocycles. The second kappa shape index (κ2) is 6.31. The molecule has 140 valence electrons. The molecular formula is C19H20N4O3S. The quantitative estimate of drug-likeness (QED) is 0.548. The van der Waals surface area contributed by atoms with E-state index >= 15 is 0 Å². The molecule has 0 saturated heterocycles. The number of H-pyrrole nitrogens is 1. The van der Waals surface area contributed by atoms with Crippen molar-refractivity contribution < 1.29 is 13.2 Å². The monoisotopic (exact) mass is 384 g/mol. The predicted molar refractivity (Wildman–Crippen MR) is 107 cm³/mol. The van der Waals surface area contributed by atoms with Gasteiger partial charge in [0.15, 0.2) is 9.84 Å². The average Bonchev–Trinajstić information content (AvgIpc) is 3.23. The van der Waals surface area contributed by atoms with E-state index in [0.717, 1.165) is 28.4 Å². The molecule has 2 aromatic carbocycles. The van der Waals surface area contributed by atoms with E-state index in [1.165, 1.54) is 12.3 Å². The summed E-state index contributed by atoms with van der Waals surface area (Å²) in [7, 11) is -1.78. The highest BCUT2D eigenvalue weighted by Gasteiger charge is 2.14. The van der Waals surface area contributed by atoms with Crippen LogP contribution in [0.1, 0.15) is 6.92 Å². The zero-order valence-electron chi connectivity index (χ0n) is 15.3. The molecule has 0 unspecified atom stereocenters. The fraction of sp³-hybridized carbons (Fsp3) is 0.211. The summed E-state index contributed by atoms with van der Waals surface area (Å²) in [6, 6.07) is 10.8. The maximum atomic E-state index is 11.9. The van der Waals surface area contributed by atoms with Gasteiger partial charge in [0.1, 0.15) is 11.6 Å². The molecule has 2 N–H and O–H groups in total. The normalized spacial score (nSPS) is 12.0. The van der Waals surface area contributed by atoms with E-state index in [1.54, 1.807) is 19.2 Å². The molecule has 2 aromatic heterocycles. The highest BCUT2D eigenvalue weighted by atomic mass is 32.2. The smallest absolute Gasteiger partial charge is 0.175 e. The second-order valence-electron chi connectivity index (χ2n) is 6.35. The first-order chi connectivity index (χ1) is 12.9. The van der Waals surface area contributed by atoms with Crippen LogP contribution in [0.3, 0.4) is 0 Å². The summed E-state index contributed by atoms with van der Waals surface area (Å²) < 4.78 is 31.1. The summed E-state index contributed by atoms with van der Waals surface area (Å²) in [6.07, 6.45) is 3.13. The van der Waals surface area contributed by atoms with Crippen molar-refractivity contribution in [2.45, 2.75) is 18.4 Å². The molecule has 4 rings (SSSR count). The minimum Gasteiger partial charge on any atom is -0.495 e. The van der Waals surface area contributed by atoms with Crippen molar-refractivity contribution >= 4 is 43.1 Å². The zero-order chi connectivity index (χ0) is 19.2. The zero-order valence-corrected chi connectivity index (χ0v) is 16.1. The molecule has 0 aliphatic heterocycles. The predicted octanol–water partition coefficient (Wildman–Crippen LogP) is 3.69. The molecular weight excluding hydrogens is 364 g/mol. The molecule has 7 nitrogen and oxygen atoms in total. The molecule has 0 bridgehead atoms. The Morgan fingerprint density at radius 3 is 2.74 bits per heavy atom. The summed E-state index contributed by atoms with van der Waals surface area (Å²) in [5.74, 6) is 1.18. The molecule has 4 aromatic rings. The van der Waals surface area contributed by atoms with Gasteiger partial charge in [-0.15, -0.1) is 0 Å². The van der Waals surface area contributed by atoms with Crippen LogP contribution in [-0.2, 0) is 16.4 Å². The molecule has 8 heteroatoms. The number of aromatic nitrogens is 3. The third-order valence-corrected chi connectivity index (χ3v) is 5.69. The van der Waals surface area contributed by atoms with Crippen molar-refractivity contribution in [3.63, 3.8) is 0 Å². The molecule has 0 spiro atoms. The number of ether oxygens (including phenoxy) is 1. The number of nitrogens with one attached hydrogen (secondary N) is 2. The summed E-state index contributed by atoms with van der Waals surface area (Å²) in [4.78, 5) is 4.92. The molecule has 0 atom stereocenters. The van der Waals surface area contributed by atoms with Crippen molar-refractivity contribution in [2.75, 3.05) is 18.7 Å². The number of aryl methyl sites for hydroxylation is 1. The van der Waals surface area contributed by atoms with E-state index in [-0.39, 0.29) is 4.90 Å². The van der Waals surface area contributed by atoms with E-state index in [4.69, 9.17) is 9.72 Å². The largest absolute Gasteiger partial charge is 0.495 e. The number of methoxy groups -OCH3 is 1. The Morgan fingerprint density at radius 2 is 2.04 bits per heavy atom. The topological polar surface area (TPSA) is 89.0 Å².